The van der Waals surface area contributed by atoms with Crippen molar-refractivity contribution < 1.29 is 13.9 Å². The molecule has 0 aliphatic carbocycles. The summed E-state index contributed by atoms with van der Waals surface area (Å²) in [4.78, 5) is 0. The van der Waals surface area contributed by atoms with Crippen molar-refractivity contribution in [3.05, 3.63) is 32.9 Å². The van der Waals surface area contributed by atoms with Crippen LogP contribution in [0.2, 0.25) is 0 Å². The SMILES string of the molecule is CC(O)c1ccc(F)c(I)c1F. The van der Waals surface area contributed by atoms with Crippen LogP contribution in [0.4, 0.5) is 8.78 Å². The molecule has 0 aliphatic heterocycles. The van der Waals surface area contributed by atoms with Crippen molar-refractivity contribution >= 4 is 22.6 Å². The van der Waals surface area contributed by atoms with Crippen LogP contribution >= 0.6 is 22.6 Å². The van der Waals surface area contributed by atoms with Crippen molar-refractivity contribution in [3.63, 3.8) is 0 Å². The van der Waals surface area contributed by atoms with Crippen LogP contribution in [0.15, 0.2) is 12.1 Å². The summed E-state index contributed by atoms with van der Waals surface area (Å²) in [6, 6.07) is 2.39. The maximum atomic E-state index is 13.1. The zero-order chi connectivity index (χ0) is 9.30. The van der Waals surface area contributed by atoms with Crippen molar-refractivity contribution in [2.45, 2.75) is 13.0 Å². The average Bonchev–Trinajstić information content (AvgIpc) is 2.00. The molecule has 4 heteroatoms. The van der Waals surface area contributed by atoms with Crippen LogP contribution in [0.5, 0.6) is 0 Å². The molecule has 1 aromatic rings. The number of hydrogen-bond acceptors (Lipinski definition) is 1. The second-order valence-electron chi connectivity index (χ2n) is 2.44. The highest BCUT2D eigenvalue weighted by Gasteiger charge is 2.13. The Morgan fingerprint density at radius 2 is 2.00 bits per heavy atom. The lowest BCUT2D eigenvalue weighted by Crippen LogP contribution is -1.99. The first-order valence-electron chi connectivity index (χ1n) is 3.35. The molecule has 0 bridgehead atoms. The minimum atomic E-state index is -0.904. The van der Waals surface area contributed by atoms with Crippen LogP contribution in [-0.2, 0) is 0 Å². The number of benzene rings is 1. The van der Waals surface area contributed by atoms with E-state index in [0.717, 1.165) is 6.07 Å². The van der Waals surface area contributed by atoms with Crippen LogP contribution in [-0.4, -0.2) is 5.11 Å². The molecule has 1 aromatic carbocycles. The molecule has 0 aromatic heterocycles. The first-order valence-corrected chi connectivity index (χ1v) is 4.43. The van der Waals surface area contributed by atoms with E-state index in [4.69, 9.17) is 5.11 Å². The minimum absolute atomic E-state index is 0.0778. The third-order valence-electron chi connectivity index (χ3n) is 1.52. The monoisotopic (exact) mass is 284 g/mol. The molecule has 1 nitrogen and oxygen atoms in total. The second kappa shape index (κ2) is 3.66. The van der Waals surface area contributed by atoms with Gasteiger partial charge in [0.2, 0.25) is 0 Å². The van der Waals surface area contributed by atoms with Gasteiger partial charge in [-0.25, -0.2) is 8.78 Å². The Morgan fingerprint density at radius 1 is 1.42 bits per heavy atom. The van der Waals surface area contributed by atoms with Crippen LogP contribution in [0.1, 0.15) is 18.6 Å². The number of halogens is 3. The smallest absolute Gasteiger partial charge is 0.145 e. The molecule has 0 aliphatic rings. The fourth-order valence-electron chi connectivity index (χ4n) is 0.863. The molecule has 0 heterocycles. The molecular weight excluding hydrogens is 277 g/mol. The molecule has 0 fully saturated rings. The molecule has 0 saturated carbocycles. The van der Waals surface area contributed by atoms with Gasteiger partial charge >= 0.3 is 0 Å². The Hall–Kier alpha value is -0.230. The fraction of sp³-hybridized carbons (Fsp3) is 0.250. The van der Waals surface area contributed by atoms with Crippen molar-refractivity contribution in [1.29, 1.82) is 0 Å². The maximum absolute atomic E-state index is 13.1. The number of hydrogen-bond donors (Lipinski definition) is 1. The first kappa shape index (κ1) is 9.85. The lowest BCUT2D eigenvalue weighted by Gasteiger charge is -2.07. The van der Waals surface area contributed by atoms with Gasteiger partial charge in [0.1, 0.15) is 11.6 Å². The summed E-state index contributed by atoms with van der Waals surface area (Å²) in [7, 11) is 0. The first-order chi connectivity index (χ1) is 5.54. The van der Waals surface area contributed by atoms with E-state index in [0.29, 0.717) is 0 Å². The van der Waals surface area contributed by atoms with Gasteiger partial charge in [-0.2, -0.15) is 0 Å². The molecule has 66 valence electrons. The Morgan fingerprint density at radius 3 is 2.50 bits per heavy atom. The normalized spacial score (nSPS) is 13.1. The Kier molecular flexibility index (Phi) is 3.00. The van der Waals surface area contributed by atoms with Crippen molar-refractivity contribution in [3.8, 4) is 0 Å². The van der Waals surface area contributed by atoms with E-state index < -0.39 is 17.7 Å². The highest BCUT2D eigenvalue weighted by molar-refractivity contribution is 14.1. The molecule has 0 radical (unpaired) electrons. The molecule has 1 rings (SSSR count). The molecule has 0 spiro atoms. The standard InChI is InChI=1S/C8H7F2IO/c1-4(12)5-2-3-6(9)8(11)7(5)10/h2-4,12H,1H3. The Balaban J connectivity index is 3.27. The molecule has 1 N–H and O–H groups in total. The molecular formula is C8H7F2IO. The largest absolute Gasteiger partial charge is 0.389 e. The predicted molar refractivity (Wildman–Crippen MR) is 49.7 cm³/mol. The predicted octanol–water partition coefficient (Wildman–Crippen LogP) is 2.62. The zero-order valence-electron chi connectivity index (χ0n) is 6.31. The highest BCUT2D eigenvalue weighted by atomic mass is 127. The topological polar surface area (TPSA) is 20.2 Å². The van der Waals surface area contributed by atoms with E-state index >= 15 is 0 Å². The van der Waals surface area contributed by atoms with Gasteiger partial charge in [0.05, 0.1) is 9.67 Å². The van der Waals surface area contributed by atoms with Gasteiger partial charge in [0.15, 0.2) is 0 Å². The maximum Gasteiger partial charge on any atom is 0.145 e. The molecule has 0 amide bonds. The zero-order valence-corrected chi connectivity index (χ0v) is 8.47. The van der Waals surface area contributed by atoms with E-state index in [9.17, 15) is 8.78 Å². The molecule has 1 unspecified atom stereocenters. The van der Waals surface area contributed by atoms with Crippen LogP contribution in [0.3, 0.4) is 0 Å². The van der Waals surface area contributed by atoms with Crippen molar-refractivity contribution in [2.75, 3.05) is 0 Å². The third kappa shape index (κ3) is 1.74. The minimum Gasteiger partial charge on any atom is -0.389 e. The van der Waals surface area contributed by atoms with Gasteiger partial charge in [-0.3, -0.25) is 0 Å². The van der Waals surface area contributed by atoms with E-state index in [2.05, 4.69) is 0 Å². The number of aliphatic hydroxyl groups is 1. The van der Waals surface area contributed by atoms with Gasteiger partial charge in [-0.15, -0.1) is 0 Å². The summed E-state index contributed by atoms with van der Waals surface area (Å²) < 4.78 is 25.7. The lowest BCUT2D eigenvalue weighted by atomic mass is 10.1. The number of aliphatic hydroxyl groups excluding tert-OH is 1. The van der Waals surface area contributed by atoms with Crippen LogP contribution in [0, 0.1) is 15.2 Å². The second-order valence-corrected chi connectivity index (χ2v) is 3.52. The number of rotatable bonds is 1. The summed E-state index contributed by atoms with van der Waals surface area (Å²) in [5.41, 5.74) is 0.126. The molecule has 0 saturated heterocycles. The van der Waals surface area contributed by atoms with E-state index in [1.165, 1.54) is 13.0 Å². The van der Waals surface area contributed by atoms with E-state index in [1.807, 2.05) is 0 Å². The molecule has 1 atom stereocenters. The van der Waals surface area contributed by atoms with Crippen LogP contribution in [0.25, 0.3) is 0 Å². The van der Waals surface area contributed by atoms with Crippen molar-refractivity contribution in [2.24, 2.45) is 0 Å². The third-order valence-corrected chi connectivity index (χ3v) is 2.50. The van der Waals surface area contributed by atoms with Crippen molar-refractivity contribution in [1.82, 2.24) is 0 Å². The summed E-state index contributed by atoms with van der Waals surface area (Å²) in [5.74, 6) is -1.27. The van der Waals surface area contributed by atoms with Gasteiger partial charge in [-0.05, 0) is 35.6 Å². The quantitative estimate of drug-likeness (QED) is 0.621. The Bertz CT molecular complexity index is 299. The summed E-state index contributed by atoms with van der Waals surface area (Å²) in [6.45, 7) is 1.44. The van der Waals surface area contributed by atoms with E-state index in [1.54, 1.807) is 22.6 Å². The van der Waals surface area contributed by atoms with Gasteiger partial charge in [0, 0.05) is 5.56 Å². The average molecular weight is 284 g/mol. The highest BCUT2D eigenvalue weighted by Crippen LogP contribution is 2.23. The van der Waals surface area contributed by atoms with Crippen LogP contribution < -0.4 is 0 Å². The Labute approximate surface area is 82.5 Å². The summed E-state index contributed by atoms with van der Waals surface area (Å²) in [6.07, 6.45) is -0.904. The van der Waals surface area contributed by atoms with Gasteiger partial charge in [-0.1, -0.05) is 6.07 Å². The fourth-order valence-corrected chi connectivity index (χ4v) is 1.35. The molecule has 12 heavy (non-hydrogen) atoms. The van der Waals surface area contributed by atoms with Gasteiger partial charge < -0.3 is 5.11 Å². The lowest BCUT2D eigenvalue weighted by molar-refractivity contribution is 0.193. The summed E-state index contributed by atoms with van der Waals surface area (Å²) in [5, 5.41) is 9.05. The van der Waals surface area contributed by atoms with Gasteiger partial charge in [0.25, 0.3) is 0 Å². The van der Waals surface area contributed by atoms with E-state index in [-0.39, 0.29) is 9.13 Å². The summed E-state index contributed by atoms with van der Waals surface area (Å²) >= 11 is 1.57.